The van der Waals surface area contributed by atoms with Gasteiger partial charge >= 0.3 is 18.9 Å². The molecule has 0 amide bonds. The summed E-state index contributed by atoms with van der Waals surface area (Å²) in [5.41, 5.74) is 4.77. The van der Waals surface area contributed by atoms with Gasteiger partial charge in [0.2, 0.25) is 0 Å². The molecule has 0 aromatic carbocycles. The first-order chi connectivity index (χ1) is 2.64. The number of aliphatic carboxylic acids is 1. The van der Waals surface area contributed by atoms with Crippen LogP contribution in [0, 0.1) is 0 Å². The summed E-state index contributed by atoms with van der Waals surface area (Å²) >= 11 is 0. The van der Waals surface area contributed by atoms with E-state index in [0.29, 0.717) is 0 Å². The molecular weight excluding hydrogens is 89.0 g/mol. The molecule has 0 saturated heterocycles. The molecule has 7 heavy (non-hydrogen) atoms. The van der Waals surface area contributed by atoms with Crippen molar-refractivity contribution in [3.05, 3.63) is 0 Å². The van der Waals surface area contributed by atoms with Crippen LogP contribution < -0.4 is 29.7 Å². The second-order valence-corrected chi connectivity index (χ2v) is 1.11. The van der Waals surface area contributed by atoms with Crippen molar-refractivity contribution >= 4 is 5.97 Å². The fourth-order valence-electron chi connectivity index (χ4n) is 0. The molecule has 0 bridgehead atoms. The molecule has 0 rings (SSSR count). The van der Waals surface area contributed by atoms with Crippen LogP contribution in [0.15, 0.2) is 0 Å². The third-order valence-corrected chi connectivity index (χ3v) is 0.372. The third kappa shape index (κ3) is 6.03. The van der Waals surface area contributed by atoms with Crippen molar-refractivity contribution in [3.63, 3.8) is 0 Å². The Hall–Kier alpha value is 0.0274. The van der Waals surface area contributed by atoms with E-state index >= 15 is 0 Å². The van der Waals surface area contributed by atoms with Crippen molar-refractivity contribution in [1.29, 1.82) is 0 Å². The van der Waals surface area contributed by atoms with E-state index in [-0.39, 0.29) is 18.9 Å². The molecule has 1 atom stereocenters. The Kier molecular flexibility index (Phi) is 6.05. The number of carboxylic acids is 1. The molecule has 0 saturated carbocycles. The maximum absolute atomic E-state index is 9.46. The Morgan fingerprint density at radius 2 is 2.00 bits per heavy atom. The van der Waals surface area contributed by atoms with E-state index in [0.717, 1.165) is 0 Å². The number of carbonyl (C=O) groups is 1. The van der Waals surface area contributed by atoms with Gasteiger partial charge in [0.05, 0.1) is 5.97 Å². The van der Waals surface area contributed by atoms with Crippen molar-refractivity contribution in [2.75, 3.05) is 0 Å². The average Bonchev–Trinajstić information content (AvgIpc) is 1.36. The van der Waals surface area contributed by atoms with Gasteiger partial charge in [-0.3, -0.25) is 0 Å². The summed E-state index contributed by atoms with van der Waals surface area (Å²) in [7, 11) is 0. The van der Waals surface area contributed by atoms with Gasteiger partial charge in [0.25, 0.3) is 0 Å². The second-order valence-electron chi connectivity index (χ2n) is 1.11. The van der Waals surface area contributed by atoms with Crippen LogP contribution >= 0.6 is 0 Å². The summed E-state index contributed by atoms with van der Waals surface area (Å²) in [6, 6.07) is -0.843. The smallest absolute Gasteiger partial charge is 0.548 e. The molecule has 3 nitrogen and oxygen atoms in total. The predicted molar refractivity (Wildman–Crippen MR) is 18.7 cm³/mol. The van der Waals surface area contributed by atoms with Crippen LogP contribution in [0.1, 0.15) is 6.92 Å². The molecule has 0 aliphatic rings. The first kappa shape index (κ1) is 10.1. The predicted octanol–water partition coefficient (Wildman–Crippen LogP) is -4.91. The van der Waals surface area contributed by atoms with Crippen LogP contribution in [0.3, 0.4) is 0 Å². The van der Waals surface area contributed by atoms with Gasteiger partial charge in [0, 0.05) is 6.04 Å². The van der Waals surface area contributed by atoms with E-state index in [9.17, 15) is 9.90 Å². The summed E-state index contributed by atoms with van der Waals surface area (Å²) in [5, 5.41) is 9.46. The number of carbonyl (C=O) groups excluding carboxylic acids is 1. The molecular formula is C3H6LiNO2. The van der Waals surface area contributed by atoms with E-state index in [1.165, 1.54) is 6.92 Å². The van der Waals surface area contributed by atoms with Crippen LogP contribution in [0.25, 0.3) is 0 Å². The van der Waals surface area contributed by atoms with Gasteiger partial charge in [-0.2, -0.15) is 0 Å². The van der Waals surface area contributed by atoms with Crippen LogP contribution in [0.2, 0.25) is 0 Å². The fourth-order valence-corrected chi connectivity index (χ4v) is 0. The first-order valence-corrected chi connectivity index (χ1v) is 1.61. The minimum atomic E-state index is -1.21. The minimum Gasteiger partial charge on any atom is -0.548 e. The molecule has 0 aromatic rings. The number of hydrogen-bond acceptors (Lipinski definition) is 3. The average molecular weight is 95.0 g/mol. The molecule has 0 fully saturated rings. The first-order valence-electron chi connectivity index (χ1n) is 1.61. The summed E-state index contributed by atoms with van der Waals surface area (Å²) in [6.45, 7) is 1.36. The quantitative estimate of drug-likeness (QED) is 0.332. The molecule has 0 heterocycles. The monoisotopic (exact) mass is 95.1 g/mol. The van der Waals surface area contributed by atoms with E-state index in [1.807, 2.05) is 0 Å². The Labute approximate surface area is 54.1 Å². The van der Waals surface area contributed by atoms with E-state index < -0.39 is 12.0 Å². The number of rotatable bonds is 1. The van der Waals surface area contributed by atoms with Crippen LogP contribution in [-0.2, 0) is 4.79 Å². The summed E-state index contributed by atoms with van der Waals surface area (Å²) in [4.78, 5) is 9.46. The zero-order valence-electron chi connectivity index (χ0n) is 4.47. The molecule has 4 heteroatoms. The minimum absolute atomic E-state index is 0. The third-order valence-electron chi connectivity index (χ3n) is 0.372. The number of carboxylic acid groups (broad SMARTS) is 1. The normalized spacial score (nSPS) is 11.7. The molecule has 0 aliphatic heterocycles. The van der Waals surface area contributed by atoms with E-state index in [2.05, 4.69) is 0 Å². The van der Waals surface area contributed by atoms with Gasteiger partial charge < -0.3 is 15.6 Å². The molecule has 0 radical (unpaired) electrons. The van der Waals surface area contributed by atoms with Crippen LogP contribution in [0.4, 0.5) is 0 Å². The Morgan fingerprint density at radius 3 is 2.00 bits per heavy atom. The van der Waals surface area contributed by atoms with Gasteiger partial charge in [0.1, 0.15) is 0 Å². The maximum atomic E-state index is 9.46. The van der Waals surface area contributed by atoms with E-state index in [1.54, 1.807) is 0 Å². The largest absolute Gasteiger partial charge is 1.00 e. The molecule has 0 aromatic heterocycles. The van der Waals surface area contributed by atoms with Gasteiger partial charge in [-0.05, 0) is 6.92 Å². The van der Waals surface area contributed by atoms with Crippen molar-refractivity contribution < 1.29 is 28.8 Å². The van der Waals surface area contributed by atoms with Crippen molar-refractivity contribution in [1.82, 2.24) is 0 Å². The van der Waals surface area contributed by atoms with Crippen molar-refractivity contribution in [2.45, 2.75) is 13.0 Å². The summed E-state index contributed by atoms with van der Waals surface area (Å²) in [6.07, 6.45) is 0. The Bertz CT molecular complexity index is 64.0. The Balaban J connectivity index is 0. The van der Waals surface area contributed by atoms with Gasteiger partial charge in [-0.25, -0.2) is 0 Å². The summed E-state index contributed by atoms with van der Waals surface area (Å²) < 4.78 is 0. The zero-order chi connectivity index (χ0) is 5.15. The molecule has 36 valence electrons. The fraction of sp³-hybridized carbons (Fsp3) is 0.667. The molecule has 1 unspecified atom stereocenters. The van der Waals surface area contributed by atoms with Gasteiger partial charge in [-0.1, -0.05) is 0 Å². The van der Waals surface area contributed by atoms with Crippen molar-refractivity contribution in [3.8, 4) is 0 Å². The molecule has 0 spiro atoms. The topological polar surface area (TPSA) is 66.2 Å². The molecule has 2 N–H and O–H groups in total. The van der Waals surface area contributed by atoms with Crippen LogP contribution in [-0.4, -0.2) is 12.0 Å². The standard InChI is InChI=1S/C3H7NO2.Li/c1-2(4)3(5)6;/h2H,4H2,1H3,(H,5,6);/q;+1/p-1. The van der Waals surface area contributed by atoms with Crippen LogP contribution in [0.5, 0.6) is 0 Å². The maximum Gasteiger partial charge on any atom is 1.00 e. The number of nitrogens with two attached hydrogens (primary N) is 1. The summed E-state index contributed by atoms with van der Waals surface area (Å²) in [5.74, 6) is -1.21. The zero-order valence-corrected chi connectivity index (χ0v) is 4.47. The van der Waals surface area contributed by atoms with E-state index in [4.69, 9.17) is 5.73 Å². The second kappa shape index (κ2) is 4.19. The van der Waals surface area contributed by atoms with Gasteiger partial charge in [0.15, 0.2) is 0 Å². The van der Waals surface area contributed by atoms with Gasteiger partial charge in [-0.15, -0.1) is 0 Å². The number of hydrogen-bond donors (Lipinski definition) is 1. The SMILES string of the molecule is CC(N)C(=O)[O-].[Li+]. The Morgan fingerprint density at radius 1 is 1.86 bits per heavy atom. The molecule has 0 aliphatic carbocycles. The van der Waals surface area contributed by atoms with Crippen molar-refractivity contribution in [2.24, 2.45) is 5.73 Å².